The molecular formula is C17H20FN3. The predicted molar refractivity (Wildman–Crippen MR) is 81.2 cm³/mol. The zero-order valence-electron chi connectivity index (χ0n) is 12.1. The fourth-order valence-electron chi connectivity index (χ4n) is 2.69. The van der Waals surface area contributed by atoms with Crippen LogP contribution in [0.4, 0.5) is 4.39 Å². The van der Waals surface area contributed by atoms with E-state index in [1.807, 2.05) is 19.1 Å². The Bertz CT molecular complexity index is 617. The molecule has 1 aromatic carbocycles. The summed E-state index contributed by atoms with van der Waals surface area (Å²) in [6, 6.07) is 9.89. The molecule has 0 amide bonds. The Morgan fingerprint density at radius 2 is 1.76 bits per heavy atom. The highest BCUT2D eigenvalue weighted by Gasteiger charge is 2.35. The largest absolute Gasteiger partial charge is 0.326 e. The van der Waals surface area contributed by atoms with E-state index in [0.717, 1.165) is 16.8 Å². The minimum absolute atomic E-state index is 0.284. The maximum atomic E-state index is 13.1. The number of pyridine rings is 1. The molecule has 0 radical (unpaired) electrons. The van der Waals surface area contributed by atoms with Gasteiger partial charge in [0.2, 0.25) is 0 Å². The summed E-state index contributed by atoms with van der Waals surface area (Å²) in [5.74, 6) is 0.320. The van der Waals surface area contributed by atoms with Crippen LogP contribution >= 0.6 is 0 Å². The monoisotopic (exact) mass is 285 g/mol. The Morgan fingerprint density at radius 1 is 1.14 bits per heavy atom. The molecule has 1 aliphatic carbocycles. The van der Waals surface area contributed by atoms with Crippen molar-refractivity contribution in [1.29, 1.82) is 0 Å². The van der Waals surface area contributed by atoms with Gasteiger partial charge in [0.15, 0.2) is 0 Å². The molecule has 0 bridgehead atoms. The number of hydrogen-bond donors (Lipinski definition) is 2. The topological polar surface area (TPSA) is 64.9 Å². The molecule has 2 atom stereocenters. The van der Waals surface area contributed by atoms with Gasteiger partial charge in [-0.15, -0.1) is 0 Å². The van der Waals surface area contributed by atoms with Gasteiger partial charge in [0.25, 0.3) is 0 Å². The highest BCUT2D eigenvalue weighted by molar-refractivity contribution is 5.39. The van der Waals surface area contributed by atoms with Crippen LogP contribution < -0.4 is 11.5 Å². The Labute approximate surface area is 124 Å². The fourth-order valence-corrected chi connectivity index (χ4v) is 2.69. The van der Waals surface area contributed by atoms with Crippen molar-refractivity contribution >= 4 is 0 Å². The summed E-state index contributed by atoms with van der Waals surface area (Å²) in [5, 5.41) is 0. The van der Waals surface area contributed by atoms with Gasteiger partial charge in [0.05, 0.1) is 5.54 Å². The maximum absolute atomic E-state index is 13.1. The number of nitrogens with two attached hydrogens (primary N) is 2. The van der Waals surface area contributed by atoms with Crippen molar-refractivity contribution in [3.05, 3.63) is 65.2 Å². The molecule has 2 unspecified atom stereocenters. The van der Waals surface area contributed by atoms with Crippen molar-refractivity contribution in [1.82, 2.24) is 4.98 Å². The number of halogens is 1. The summed E-state index contributed by atoms with van der Waals surface area (Å²) in [6.07, 6.45) is 4.23. The summed E-state index contributed by atoms with van der Waals surface area (Å²) < 4.78 is 13.1. The van der Waals surface area contributed by atoms with Crippen LogP contribution in [0.5, 0.6) is 0 Å². The van der Waals surface area contributed by atoms with Gasteiger partial charge in [0.1, 0.15) is 5.82 Å². The predicted octanol–water partition coefficient (Wildman–Crippen LogP) is 2.65. The number of rotatable bonds is 4. The van der Waals surface area contributed by atoms with Gasteiger partial charge in [0, 0.05) is 23.9 Å². The van der Waals surface area contributed by atoms with Crippen LogP contribution in [-0.4, -0.2) is 11.0 Å². The molecule has 3 rings (SSSR count). The smallest absolute Gasteiger partial charge is 0.123 e. The fraction of sp³-hybridized carbons (Fsp3) is 0.353. The average Bonchev–Trinajstić information content (AvgIpc) is 3.32. The lowest BCUT2D eigenvalue weighted by Gasteiger charge is -2.34. The van der Waals surface area contributed by atoms with Crippen LogP contribution in [0.1, 0.15) is 42.5 Å². The van der Waals surface area contributed by atoms with E-state index in [2.05, 4.69) is 4.98 Å². The first-order valence-electron chi connectivity index (χ1n) is 7.28. The number of benzene rings is 1. The molecule has 0 spiro atoms. The van der Waals surface area contributed by atoms with Crippen molar-refractivity contribution in [3.8, 4) is 0 Å². The highest BCUT2D eigenvalue weighted by atomic mass is 19.1. The van der Waals surface area contributed by atoms with Crippen molar-refractivity contribution in [3.63, 3.8) is 0 Å². The van der Waals surface area contributed by atoms with Crippen LogP contribution in [-0.2, 0) is 5.54 Å². The summed E-state index contributed by atoms with van der Waals surface area (Å²) in [6.45, 7) is 1.86. The minimum Gasteiger partial charge on any atom is -0.326 e. The summed E-state index contributed by atoms with van der Waals surface area (Å²) >= 11 is 0. The van der Waals surface area contributed by atoms with E-state index in [9.17, 15) is 4.39 Å². The molecule has 0 aliphatic heterocycles. The lowest BCUT2D eigenvalue weighted by molar-refractivity contribution is 0.443. The normalized spacial score (nSPS) is 19.0. The second-order valence-electron chi connectivity index (χ2n) is 5.91. The van der Waals surface area contributed by atoms with E-state index in [1.165, 1.54) is 25.0 Å². The summed E-state index contributed by atoms with van der Waals surface area (Å²) in [5.41, 5.74) is 14.6. The molecule has 1 saturated carbocycles. The zero-order valence-corrected chi connectivity index (χ0v) is 12.1. The quantitative estimate of drug-likeness (QED) is 0.907. The SMILES string of the molecule is CC(N)C(N)(c1ccc(F)cc1)c1ccc(C2CC2)nc1. The van der Waals surface area contributed by atoms with E-state index in [0.29, 0.717) is 5.92 Å². The average molecular weight is 285 g/mol. The van der Waals surface area contributed by atoms with Gasteiger partial charge in [-0.05, 0) is 49.1 Å². The standard InChI is InChI=1S/C17H20FN3/c1-11(19)17(20,13-4-7-15(18)8-5-13)14-6-9-16(21-10-14)12-2-3-12/h4-12H,2-3,19-20H2,1H3. The van der Waals surface area contributed by atoms with Gasteiger partial charge in [-0.1, -0.05) is 18.2 Å². The van der Waals surface area contributed by atoms with Gasteiger partial charge >= 0.3 is 0 Å². The molecule has 1 fully saturated rings. The number of aromatic nitrogens is 1. The molecule has 0 saturated heterocycles. The maximum Gasteiger partial charge on any atom is 0.123 e. The number of hydrogen-bond acceptors (Lipinski definition) is 3. The Morgan fingerprint density at radius 3 is 2.24 bits per heavy atom. The molecule has 4 heteroatoms. The van der Waals surface area contributed by atoms with Crippen LogP contribution in [0.3, 0.4) is 0 Å². The molecular weight excluding hydrogens is 265 g/mol. The van der Waals surface area contributed by atoms with Crippen LogP contribution in [0.25, 0.3) is 0 Å². The van der Waals surface area contributed by atoms with Gasteiger partial charge < -0.3 is 11.5 Å². The lowest BCUT2D eigenvalue weighted by atomic mass is 9.79. The van der Waals surface area contributed by atoms with E-state index >= 15 is 0 Å². The second kappa shape index (κ2) is 5.20. The van der Waals surface area contributed by atoms with Crippen molar-refractivity contribution in [2.24, 2.45) is 11.5 Å². The third kappa shape index (κ3) is 2.57. The first kappa shape index (κ1) is 14.2. The third-order valence-electron chi connectivity index (χ3n) is 4.30. The van der Waals surface area contributed by atoms with Gasteiger partial charge in [-0.2, -0.15) is 0 Å². The number of nitrogens with zero attached hydrogens (tertiary/aromatic N) is 1. The highest BCUT2D eigenvalue weighted by Crippen LogP contribution is 2.39. The molecule has 2 aromatic rings. The third-order valence-corrected chi connectivity index (χ3v) is 4.30. The van der Waals surface area contributed by atoms with Crippen molar-refractivity contribution < 1.29 is 4.39 Å². The summed E-state index contributed by atoms with van der Waals surface area (Å²) in [4.78, 5) is 4.52. The molecule has 21 heavy (non-hydrogen) atoms. The van der Waals surface area contributed by atoms with E-state index < -0.39 is 5.54 Å². The molecule has 1 aliphatic rings. The van der Waals surface area contributed by atoms with E-state index in [-0.39, 0.29) is 11.9 Å². The minimum atomic E-state index is -0.872. The van der Waals surface area contributed by atoms with Crippen molar-refractivity contribution in [2.75, 3.05) is 0 Å². The Balaban J connectivity index is 2.01. The van der Waals surface area contributed by atoms with Gasteiger partial charge in [-0.3, -0.25) is 4.98 Å². The zero-order chi connectivity index (χ0) is 15.0. The van der Waals surface area contributed by atoms with Crippen LogP contribution in [0, 0.1) is 5.82 Å². The molecule has 3 nitrogen and oxygen atoms in total. The van der Waals surface area contributed by atoms with Gasteiger partial charge in [-0.25, -0.2) is 4.39 Å². The Hall–Kier alpha value is -1.78. The van der Waals surface area contributed by atoms with Crippen LogP contribution in [0.15, 0.2) is 42.6 Å². The van der Waals surface area contributed by atoms with Crippen molar-refractivity contribution in [2.45, 2.75) is 37.3 Å². The summed E-state index contributed by atoms with van der Waals surface area (Å²) in [7, 11) is 0. The molecule has 4 N–H and O–H groups in total. The van der Waals surface area contributed by atoms with E-state index in [4.69, 9.17) is 11.5 Å². The molecule has 1 heterocycles. The lowest BCUT2D eigenvalue weighted by Crippen LogP contribution is -2.51. The first-order chi connectivity index (χ1) is 10.0. The Kier molecular flexibility index (Phi) is 3.51. The van der Waals surface area contributed by atoms with E-state index in [1.54, 1.807) is 18.3 Å². The van der Waals surface area contributed by atoms with Crippen LogP contribution in [0.2, 0.25) is 0 Å². The molecule has 1 aromatic heterocycles. The second-order valence-corrected chi connectivity index (χ2v) is 5.91. The first-order valence-corrected chi connectivity index (χ1v) is 7.28. The molecule has 110 valence electrons.